The maximum absolute atomic E-state index is 4.28. The van der Waals surface area contributed by atoms with Crippen LogP contribution >= 0.6 is 0 Å². The number of aliphatic imine (C=N–C) groups is 1. The van der Waals surface area contributed by atoms with Crippen molar-refractivity contribution in [3.8, 4) is 0 Å². The van der Waals surface area contributed by atoms with Gasteiger partial charge in [0.05, 0.1) is 6.34 Å². The maximum Gasteiger partial charge on any atom is 0.0926 e. The van der Waals surface area contributed by atoms with Crippen molar-refractivity contribution < 1.29 is 0 Å². The van der Waals surface area contributed by atoms with Crippen LogP contribution in [0.3, 0.4) is 0 Å². The second kappa shape index (κ2) is 4.10. The highest BCUT2D eigenvalue weighted by molar-refractivity contribution is 5.64. The summed E-state index contributed by atoms with van der Waals surface area (Å²) < 4.78 is 0. The highest BCUT2D eigenvalue weighted by atomic mass is 15.0. The fraction of sp³-hybridized carbons (Fsp3) is 0.500. The fourth-order valence-electron chi connectivity index (χ4n) is 1.38. The van der Waals surface area contributed by atoms with Gasteiger partial charge in [0.25, 0.3) is 0 Å². The van der Waals surface area contributed by atoms with Gasteiger partial charge < -0.3 is 5.32 Å². The minimum atomic E-state index is 0.993. The van der Waals surface area contributed by atoms with Crippen molar-refractivity contribution in [2.45, 2.75) is 33.1 Å². The third-order valence-corrected chi connectivity index (χ3v) is 2.01. The number of hydrogen-bond acceptors (Lipinski definition) is 2. The second-order valence-corrected chi connectivity index (χ2v) is 2.91. The fourth-order valence-corrected chi connectivity index (χ4v) is 1.38. The van der Waals surface area contributed by atoms with Crippen LogP contribution in [0.15, 0.2) is 28.5 Å². The van der Waals surface area contributed by atoms with Crippen molar-refractivity contribution >= 4 is 6.34 Å². The Morgan fingerprint density at radius 3 is 2.83 bits per heavy atom. The molecule has 0 aromatic rings. The number of hydrogen-bond donors (Lipinski definition) is 1. The van der Waals surface area contributed by atoms with E-state index in [0.29, 0.717) is 0 Å². The van der Waals surface area contributed by atoms with E-state index in [-0.39, 0.29) is 0 Å². The van der Waals surface area contributed by atoms with Crippen molar-refractivity contribution in [1.29, 1.82) is 0 Å². The molecule has 1 aliphatic rings. The number of allylic oxidation sites excluding steroid dienone is 2. The molecule has 0 bridgehead atoms. The van der Waals surface area contributed by atoms with Crippen LogP contribution in [0, 0.1) is 0 Å². The molecule has 0 atom stereocenters. The van der Waals surface area contributed by atoms with E-state index in [4.69, 9.17) is 0 Å². The predicted octanol–water partition coefficient (Wildman–Crippen LogP) is 2.60. The third-order valence-electron chi connectivity index (χ3n) is 2.01. The molecule has 2 nitrogen and oxygen atoms in total. The average molecular weight is 164 g/mol. The lowest BCUT2D eigenvalue weighted by atomic mass is 10.0. The zero-order valence-electron chi connectivity index (χ0n) is 7.85. The summed E-state index contributed by atoms with van der Waals surface area (Å²) in [7, 11) is 0. The lowest BCUT2D eigenvalue weighted by molar-refractivity contribution is 0.848. The summed E-state index contributed by atoms with van der Waals surface area (Å²) in [5, 5.41) is 3.04. The predicted molar refractivity (Wildman–Crippen MR) is 53.0 cm³/mol. The number of nitrogens with zero attached hydrogens (tertiary/aromatic N) is 1. The van der Waals surface area contributed by atoms with Crippen LogP contribution in [-0.4, -0.2) is 6.34 Å². The molecule has 0 spiro atoms. The van der Waals surface area contributed by atoms with Gasteiger partial charge >= 0.3 is 0 Å². The SMILES string of the molecule is C=C1NC=NC(CC)=C1CCC. The smallest absolute Gasteiger partial charge is 0.0926 e. The molecule has 0 aromatic heterocycles. The molecule has 66 valence electrons. The van der Waals surface area contributed by atoms with Crippen molar-refractivity contribution in [2.24, 2.45) is 4.99 Å². The molecule has 1 aliphatic heterocycles. The van der Waals surface area contributed by atoms with Crippen molar-refractivity contribution in [2.75, 3.05) is 0 Å². The van der Waals surface area contributed by atoms with Crippen LogP contribution in [0.5, 0.6) is 0 Å². The molecule has 0 amide bonds. The topological polar surface area (TPSA) is 24.4 Å². The Morgan fingerprint density at radius 2 is 2.25 bits per heavy atom. The van der Waals surface area contributed by atoms with Crippen LogP contribution in [-0.2, 0) is 0 Å². The Balaban J connectivity index is 2.87. The van der Waals surface area contributed by atoms with Crippen molar-refractivity contribution in [1.82, 2.24) is 5.32 Å². The molecule has 1 N–H and O–H groups in total. The van der Waals surface area contributed by atoms with Gasteiger partial charge in [-0.1, -0.05) is 26.8 Å². The van der Waals surface area contributed by atoms with Crippen LogP contribution < -0.4 is 5.32 Å². The van der Waals surface area contributed by atoms with Crippen LogP contribution in [0.25, 0.3) is 0 Å². The van der Waals surface area contributed by atoms with E-state index >= 15 is 0 Å². The molecule has 0 unspecified atom stereocenters. The summed E-state index contributed by atoms with van der Waals surface area (Å²) >= 11 is 0. The van der Waals surface area contributed by atoms with Gasteiger partial charge in [0.2, 0.25) is 0 Å². The van der Waals surface area contributed by atoms with Crippen molar-refractivity contribution in [3.05, 3.63) is 23.5 Å². The molecule has 1 rings (SSSR count). The molecule has 0 aromatic carbocycles. The van der Waals surface area contributed by atoms with Crippen molar-refractivity contribution in [3.63, 3.8) is 0 Å². The summed E-state index contributed by atoms with van der Waals surface area (Å²) in [5.74, 6) is 0. The molecule has 12 heavy (non-hydrogen) atoms. The van der Waals surface area contributed by atoms with E-state index in [9.17, 15) is 0 Å². The Kier molecular flexibility index (Phi) is 3.09. The maximum atomic E-state index is 4.28. The van der Waals surface area contributed by atoms with Gasteiger partial charge in [0.15, 0.2) is 0 Å². The highest BCUT2D eigenvalue weighted by Crippen LogP contribution is 2.22. The molecule has 0 saturated carbocycles. The number of nitrogens with one attached hydrogen (secondary N) is 1. The molecule has 2 heteroatoms. The third kappa shape index (κ3) is 1.76. The molecular weight excluding hydrogens is 148 g/mol. The van der Waals surface area contributed by atoms with Crippen LogP contribution in [0.1, 0.15) is 33.1 Å². The standard InChI is InChI=1S/C10H16N2/c1-4-6-9-8(3)11-7-12-10(9)5-2/h7H,3-6H2,1-2H3,(H,11,12). The van der Waals surface area contributed by atoms with E-state index in [2.05, 4.69) is 30.7 Å². The first kappa shape index (κ1) is 9.04. The highest BCUT2D eigenvalue weighted by Gasteiger charge is 2.09. The van der Waals surface area contributed by atoms with Gasteiger partial charge in [0, 0.05) is 11.4 Å². The van der Waals surface area contributed by atoms with Gasteiger partial charge in [-0.25, -0.2) is 4.99 Å². The molecule has 0 aliphatic carbocycles. The van der Waals surface area contributed by atoms with E-state index < -0.39 is 0 Å². The first-order valence-corrected chi connectivity index (χ1v) is 4.50. The quantitative estimate of drug-likeness (QED) is 0.681. The van der Waals surface area contributed by atoms with E-state index in [1.807, 2.05) is 0 Å². The Bertz CT molecular complexity index is 236. The molecule has 0 saturated heterocycles. The van der Waals surface area contributed by atoms with Gasteiger partial charge in [0.1, 0.15) is 0 Å². The minimum absolute atomic E-state index is 0.993. The van der Waals surface area contributed by atoms with E-state index in [1.165, 1.54) is 11.3 Å². The zero-order valence-corrected chi connectivity index (χ0v) is 7.85. The minimum Gasteiger partial charge on any atom is -0.347 e. The summed E-state index contributed by atoms with van der Waals surface area (Å²) in [6, 6.07) is 0. The van der Waals surface area contributed by atoms with Gasteiger partial charge in [-0.05, 0) is 18.4 Å². The first-order valence-electron chi connectivity index (χ1n) is 4.50. The molecular formula is C10H16N2. The van der Waals surface area contributed by atoms with Gasteiger partial charge in [-0.3, -0.25) is 0 Å². The monoisotopic (exact) mass is 164 g/mol. The Labute approximate surface area is 74.1 Å². The van der Waals surface area contributed by atoms with Crippen LogP contribution in [0.4, 0.5) is 0 Å². The molecule has 0 radical (unpaired) electrons. The Morgan fingerprint density at radius 1 is 1.50 bits per heavy atom. The lowest BCUT2D eigenvalue weighted by Crippen LogP contribution is -2.17. The second-order valence-electron chi connectivity index (χ2n) is 2.91. The van der Waals surface area contributed by atoms with Crippen LogP contribution in [0.2, 0.25) is 0 Å². The first-order chi connectivity index (χ1) is 5.79. The Hall–Kier alpha value is -1.05. The molecule has 1 heterocycles. The lowest BCUT2D eigenvalue weighted by Gasteiger charge is -2.17. The summed E-state index contributed by atoms with van der Waals surface area (Å²) in [6.45, 7) is 8.25. The van der Waals surface area contributed by atoms with E-state index in [1.54, 1.807) is 6.34 Å². The summed E-state index contributed by atoms with van der Waals surface area (Å²) in [6.07, 6.45) is 4.94. The van der Waals surface area contributed by atoms with E-state index in [0.717, 1.165) is 25.0 Å². The van der Waals surface area contributed by atoms with Gasteiger partial charge in [-0.2, -0.15) is 0 Å². The normalized spacial score (nSPS) is 16.7. The summed E-state index contributed by atoms with van der Waals surface area (Å²) in [4.78, 5) is 4.28. The average Bonchev–Trinajstić information content (AvgIpc) is 2.09. The summed E-state index contributed by atoms with van der Waals surface area (Å²) in [5.41, 5.74) is 3.49. The largest absolute Gasteiger partial charge is 0.347 e. The van der Waals surface area contributed by atoms with Gasteiger partial charge in [-0.15, -0.1) is 0 Å². The number of rotatable bonds is 3. The molecule has 0 fully saturated rings. The zero-order chi connectivity index (χ0) is 8.97.